The van der Waals surface area contributed by atoms with E-state index in [0.717, 1.165) is 5.56 Å². The number of nitrogens with one attached hydrogen (secondary N) is 1. The van der Waals surface area contributed by atoms with Gasteiger partial charge in [-0.1, -0.05) is 44.5 Å². The van der Waals surface area contributed by atoms with Gasteiger partial charge in [-0.15, -0.1) is 0 Å². The average molecular weight is 389 g/mol. The van der Waals surface area contributed by atoms with E-state index in [1.54, 1.807) is 12.1 Å². The lowest BCUT2D eigenvalue weighted by atomic mass is 9.87. The van der Waals surface area contributed by atoms with Gasteiger partial charge in [-0.05, 0) is 41.3 Å². The minimum atomic E-state index is -0.777. The summed E-state index contributed by atoms with van der Waals surface area (Å²) < 4.78 is 4.88. The van der Waals surface area contributed by atoms with Crippen molar-refractivity contribution in [2.45, 2.75) is 26.2 Å². The molecule has 0 saturated carbocycles. The number of anilines is 1. The van der Waals surface area contributed by atoms with Crippen LogP contribution in [0.15, 0.2) is 42.5 Å². The second kappa shape index (κ2) is 8.22. The first-order chi connectivity index (χ1) is 12.6. The van der Waals surface area contributed by atoms with Crippen molar-refractivity contribution in [3.63, 3.8) is 0 Å². The number of esters is 1. The lowest BCUT2D eigenvalue weighted by molar-refractivity contribution is -0.123. The normalized spacial score (nSPS) is 11.0. The molecule has 142 valence electrons. The molecule has 0 aliphatic carbocycles. The molecule has 0 aliphatic rings. The van der Waals surface area contributed by atoms with E-state index in [-0.39, 0.29) is 16.7 Å². The van der Waals surface area contributed by atoms with Crippen LogP contribution in [-0.4, -0.2) is 24.4 Å². The molecule has 0 atom stereocenters. The Kier molecular flexibility index (Phi) is 6.23. The lowest BCUT2D eigenvalue weighted by Gasteiger charge is -2.19. The third kappa shape index (κ3) is 5.56. The number of benzene rings is 2. The first-order valence-electron chi connectivity index (χ1n) is 8.25. The molecule has 0 fully saturated rings. The highest BCUT2D eigenvalue weighted by molar-refractivity contribution is 6.31. The fourth-order valence-corrected chi connectivity index (χ4v) is 2.47. The van der Waals surface area contributed by atoms with E-state index in [1.165, 1.54) is 18.2 Å². The van der Waals surface area contributed by atoms with Gasteiger partial charge in [-0.2, -0.15) is 0 Å². The molecule has 0 spiro atoms. The SMILES string of the molecule is CC(C)(C)c1ccc(C(=O)NC(=O)COC(=O)c2ccc(Cl)cc2N)cc1. The summed E-state index contributed by atoms with van der Waals surface area (Å²) in [4.78, 5) is 35.9. The summed E-state index contributed by atoms with van der Waals surface area (Å²) >= 11 is 5.77. The van der Waals surface area contributed by atoms with Crippen LogP contribution in [-0.2, 0) is 14.9 Å². The van der Waals surface area contributed by atoms with Crippen LogP contribution in [0.1, 0.15) is 47.1 Å². The molecule has 0 aromatic heterocycles. The van der Waals surface area contributed by atoms with E-state index in [1.807, 2.05) is 12.1 Å². The number of nitrogen functional groups attached to an aromatic ring is 1. The molecule has 0 unspecified atom stereocenters. The number of carbonyl (C=O) groups excluding carboxylic acids is 3. The van der Waals surface area contributed by atoms with E-state index in [9.17, 15) is 14.4 Å². The van der Waals surface area contributed by atoms with Crippen molar-refractivity contribution < 1.29 is 19.1 Å². The quantitative estimate of drug-likeness (QED) is 0.618. The predicted molar refractivity (Wildman–Crippen MR) is 104 cm³/mol. The fourth-order valence-electron chi connectivity index (χ4n) is 2.28. The van der Waals surface area contributed by atoms with Crippen LogP contribution >= 0.6 is 11.6 Å². The summed E-state index contributed by atoms with van der Waals surface area (Å²) in [5, 5.41) is 2.56. The summed E-state index contributed by atoms with van der Waals surface area (Å²) in [7, 11) is 0. The maximum Gasteiger partial charge on any atom is 0.340 e. The van der Waals surface area contributed by atoms with Gasteiger partial charge < -0.3 is 10.5 Å². The maximum atomic E-state index is 12.1. The van der Waals surface area contributed by atoms with Crippen LogP contribution < -0.4 is 11.1 Å². The summed E-state index contributed by atoms with van der Waals surface area (Å²) in [6.07, 6.45) is 0. The first-order valence-corrected chi connectivity index (χ1v) is 8.62. The van der Waals surface area contributed by atoms with Crippen LogP contribution in [0, 0.1) is 0 Å². The van der Waals surface area contributed by atoms with Crippen molar-refractivity contribution in [3.8, 4) is 0 Å². The van der Waals surface area contributed by atoms with Crippen LogP contribution in [0.4, 0.5) is 5.69 Å². The summed E-state index contributed by atoms with van der Waals surface area (Å²) in [5.41, 5.74) is 7.29. The smallest absolute Gasteiger partial charge is 0.340 e. The standard InChI is InChI=1S/C20H21ClN2O4/c1-20(2,3)13-6-4-12(5-7-13)18(25)23-17(24)11-27-19(26)15-9-8-14(21)10-16(15)22/h4-10H,11,22H2,1-3H3,(H,23,24,25). The molecule has 2 aromatic rings. The Morgan fingerprint density at radius 2 is 1.70 bits per heavy atom. The van der Waals surface area contributed by atoms with Gasteiger partial charge in [0.05, 0.1) is 5.56 Å². The number of amides is 2. The van der Waals surface area contributed by atoms with Crippen LogP contribution in [0.3, 0.4) is 0 Å². The summed E-state index contributed by atoms with van der Waals surface area (Å²) in [6, 6.07) is 11.3. The third-order valence-corrected chi connectivity index (χ3v) is 4.07. The second-order valence-electron chi connectivity index (χ2n) is 7.01. The number of imide groups is 1. The van der Waals surface area contributed by atoms with Crippen molar-refractivity contribution in [1.82, 2.24) is 5.32 Å². The van der Waals surface area contributed by atoms with Crippen molar-refractivity contribution in [2.75, 3.05) is 12.3 Å². The molecule has 0 bridgehead atoms. The number of hydrogen-bond donors (Lipinski definition) is 2. The number of ether oxygens (including phenoxy) is 1. The zero-order chi connectivity index (χ0) is 20.2. The minimum Gasteiger partial charge on any atom is -0.452 e. The minimum absolute atomic E-state index is 0.0391. The number of rotatable bonds is 4. The van der Waals surface area contributed by atoms with Gasteiger partial charge in [0.25, 0.3) is 11.8 Å². The number of nitrogens with two attached hydrogens (primary N) is 1. The monoisotopic (exact) mass is 388 g/mol. The first kappa shape index (κ1) is 20.5. The Hall–Kier alpha value is -2.86. The predicted octanol–water partition coefficient (Wildman–Crippen LogP) is 3.33. The van der Waals surface area contributed by atoms with Gasteiger partial charge in [0.15, 0.2) is 6.61 Å². The summed E-state index contributed by atoms with van der Waals surface area (Å²) in [5.74, 6) is -2.08. The van der Waals surface area contributed by atoms with Crippen molar-refractivity contribution in [2.24, 2.45) is 0 Å². The Morgan fingerprint density at radius 3 is 2.26 bits per heavy atom. The maximum absolute atomic E-state index is 12.1. The van der Waals surface area contributed by atoms with Crippen molar-refractivity contribution in [3.05, 3.63) is 64.2 Å². The molecule has 6 nitrogen and oxygen atoms in total. The van der Waals surface area contributed by atoms with Gasteiger partial charge in [-0.3, -0.25) is 14.9 Å². The third-order valence-electron chi connectivity index (χ3n) is 3.83. The van der Waals surface area contributed by atoms with Gasteiger partial charge in [-0.25, -0.2) is 4.79 Å². The van der Waals surface area contributed by atoms with E-state index >= 15 is 0 Å². The molecule has 2 aromatic carbocycles. The molecule has 2 rings (SSSR count). The van der Waals surface area contributed by atoms with Crippen LogP contribution in [0.2, 0.25) is 5.02 Å². The van der Waals surface area contributed by atoms with Crippen LogP contribution in [0.25, 0.3) is 0 Å². The van der Waals surface area contributed by atoms with Crippen molar-refractivity contribution in [1.29, 1.82) is 0 Å². The van der Waals surface area contributed by atoms with Gasteiger partial charge >= 0.3 is 5.97 Å². The zero-order valence-corrected chi connectivity index (χ0v) is 16.1. The van der Waals surface area contributed by atoms with Gasteiger partial charge in [0, 0.05) is 16.3 Å². The Bertz CT molecular complexity index is 871. The number of halogens is 1. The van der Waals surface area contributed by atoms with E-state index < -0.39 is 24.4 Å². The highest BCUT2D eigenvalue weighted by Crippen LogP contribution is 2.22. The van der Waals surface area contributed by atoms with Gasteiger partial charge in [0.1, 0.15) is 0 Å². The Morgan fingerprint density at radius 1 is 1.07 bits per heavy atom. The molecular weight excluding hydrogens is 368 g/mol. The van der Waals surface area contributed by atoms with Crippen LogP contribution in [0.5, 0.6) is 0 Å². The Balaban J connectivity index is 1.91. The Labute approximate surface area is 162 Å². The molecule has 7 heteroatoms. The number of carbonyl (C=O) groups is 3. The lowest BCUT2D eigenvalue weighted by Crippen LogP contribution is -2.34. The topological polar surface area (TPSA) is 98.5 Å². The molecule has 0 aliphatic heterocycles. The largest absolute Gasteiger partial charge is 0.452 e. The molecule has 0 saturated heterocycles. The summed E-state index contributed by atoms with van der Waals surface area (Å²) in [6.45, 7) is 5.58. The van der Waals surface area contributed by atoms with E-state index in [4.69, 9.17) is 22.1 Å². The van der Waals surface area contributed by atoms with E-state index in [0.29, 0.717) is 10.6 Å². The highest BCUT2D eigenvalue weighted by Gasteiger charge is 2.17. The molecule has 2 amide bonds. The molecule has 3 N–H and O–H groups in total. The highest BCUT2D eigenvalue weighted by atomic mass is 35.5. The van der Waals surface area contributed by atoms with Gasteiger partial charge in [0.2, 0.25) is 0 Å². The fraction of sp³-hybridized carbons (Fsp3) is 0.250. The molecular formula is C20H21ClN2O4. The second-order valence-corrected chi connectivity index (χ2v) is 7.45. The number of hydrogen-bond acceptors (Lipinski definition) is 5. The molecule has 27 heavy (non-hydrogen) atoms. The van der Waals surface area contributed by atoms with E-state index in [2.05, 4.69) is 26.1 Å². The molecule has 0 radical (unpaired) electrons. The van der Waals surface area contributed by atoms with Crippen molar-refractivity contribution >= 4 is 35.1 Å². The molecule has 0 heterocycles. The zero-order valence-electron chi connectivity index (χ0n) is 15.3. The average Bonchev–Trinajstić information content (AvgIpc) is 2.59.